The lowest BCUT2D eigenvalue weighted by Gasteiger charge is -2.01. The Morgan fingerprint density at radius 3 is 2.43 bits per heavy atom. The summed E-state index contributed by atoms with van der Waals surface area (Å²) in [6.45, 7) is 0.526. The zero-order valence-electron chi connectivity index (χ0n) is 11.3. The molecule has 1 heterocycles. The Balaban J connectivity index is 1.77. The number of nitrogens with zero attached hydrogens (tertiary/aromatic N) is 4. The third-order valence-corrected chi connectivity index (χ3v) is 3.07. The lowest BCUT2D eigenvalue weighted by atomic mass is 10.1. The zero-order valence-corrected chi connectivity index (χ0v) is 11.3. The minimum atomic E-state index is 0.0618. The second-order valence-corrected chi connectivity index (χ2v) is 4.62. The van der Waals surface area contributed by atoms with Crippen LogP contribution in [-0.4, -0.2) is 26.0 Å². The Morgan fingerprint density at radius 2 is 1.76 bits per heavy atom. The molecule has 0 atom stereocenters. The number of aromatic nitrogens is 4. The van der Waals surface area contributed by atoms with Crippen LogP contribution in [0.1, 0.15) is 11.1 Å². The number of rotatable bonds is 4. The van der Waals surface area contributed by atoms with Crippen molar-refractivity contribution >= 4 is 5.84 Å². The van der Waals surface area contributed by atoms with E-state index in [0.29, 0.717) is 17.9 Å². The fraction of sp³-hybridized carbons (Fsp3) is 0.0667. The molecule has 0 saturated heterocycles. The van der Waals surface area contributed by atoms with E-state index in [0.717, 1.165) is 11.1 Å². The summed E-state index contributed by atoms with van der Waals surface area (Å²) in [5.41, 5.74) is 8.10. The van der Waals surface area contributed by atoms with Gasteiger partial charge in [-0.05, 0) is 10.8 Å². The Kier molecular flexibility index (Phi) is 3.42. The Hall–Kier alpha value is -3.02. The first-order valence-electron chi connectivity index (χ1n) is 6.49. The van der Waals surface area contributed by atoms with Crippen molar-refractivity contribution in [3.05, 3.63) is 65.7 Å². The van der Waals surface area contributed by atoms with Gasteiger partial charge in [0.25, 0.3) is 0 Å². The van der Waals surface area contributed by atoms with Gasteiger partial charge in [-0.2, -0.15) is 4.80 Å². The molecule has 6 nitrogen and oxygen atoms in total. The fourth-order valence-electron chi connectivity index (χ4n) is 1.97. The van der Waals surface area contributed by atoms with Gasteiger partial charge >= 0.3 is 0 Å². The zero-order chi connectivity index (χ0) is 14.7. The maximum Gasteiger partial charge on any atom is 0.204 e. The normalized spacial score (nSPS) is 10.5. The van der Waals surface area contributed by atoms with E-state index in [-0.39, 0.29) is 5.84 Å². The van der Waals surface area contributed by atoms with Gasteiger partial charge < -0.3 is 5.73 Å². The predicted molar refractivity (Wildman–Crippen MR) is 79.8 cm³/mol. The van der Waals surface area contributed by atoms with E-state index in [2.05, 4.69) is 15.4 Å². The first kappa shape index (κ1) is 13.0. The molecular formula is C15H14N6. The summed E-state index contributed by atoms with van der Waals surface area (Å²) in [5, 5.41) is 19.8. The second-order valence-electron chi connectivity index (χ2n) is 4.62. The van der Waals surface area contributed by atoms with Crippen molar-refractivity contribution in [3.8, 4) is 11.4 Å². The van der Waals surface area contributed by atoms with Crippen molar-refractivity contribution in [2.75, 3.05) is 0 Å². The fourth-order valence-corrected chi connectivity index (χ4v) is 1.97. The standard InChI is InChI=1S/C15H14N6/c16-14(17)12-8-6-11(7-9-12)10-21-19-15(18-20-21)13-4-2-1-3-5-13/h1-9H,10H2,(H3,16,17). The molecule has 0 fully saturated rings. The van der Waals surface area contributed by atoms with Crippen molar-refractivity contribution in [3.63, 3.8) is 0 Å². The van der Waals surface area contributed by atoms with Gasteiger partial charge in [-0.1, -0.05) is 54.6 Å². The van der Waals surface area contributed by atoms with Gasteiger partial charge in [0.1, 0.15) is 5.84 Å². The summed E-state index contributed by atoms with van der Waals surface area (Å²) in [4.78, 5) is 1.55. The molecule has 3 aromatic rings. The van der Waals surface area contributed by atoms with E-state index in [1.165, 1.54) is 0 Å². The van der Waals surface area contributed by atoms with Crippen LogP contribution in [0.2, 0.25) is 0 Å². The largest absolute Gasteiger partial charge is 0.384 e. The lowest BCUT2D eigenvalue weighted by Crippen LogP contribution is -2.11. The van der Waals surface area contributed by atoms with Gasteiger partial charge in [0.05, 0.1) is 6.54 Å². The van der Waals surface area contributed by atoms with Crippen LogP contribution in [-0.2, 0) is 6.54 Å². The summed E-state index contributed by atoms with van der Waals surface area (Å²) < 4.78 is 0. The summed E-state index contributed by atoms with van der Waals surface area (Å²) in [6.07, 6.45) is 0. The molecule has 2 aromatic carbocycles. The Bertz CT molecular complexity index is 745. The second kappa shape index (κ2) is 5.54. The number of nitrogens with two attached hydrogens (primary N) is 1. The van der Waals surface area contributed by atoms with Crippen molar-refractivity contribution in [2.45, 2.75) is 6.54 Å². The third-order valence-electron chi connectivity index (χ3n) is 3.07. The molecular weight excluding hydrogens is 264 g/mol. The molecule has 0 aliphatic carbocycles. The van der Waals surface area contributed by atoms with Gasteiger partial charge in [0, 0.05) is 11.1 Å². The molecule has 0 aliphatic rings. The van der Waals surface area contributed by atoms with Gasteiger partial charge in [0.15, 0.2) is 0 Å². The van der Waals surface area contributed by atoms with Gasteiger partial charge in [-0.15, -0.1) is 10.2 Å². The molecule has 0 spiro atoms. The molecule has 0 unspecified atom stereocenters. The lowest BCUT2D eigenvalue weighted by molar-refractivity contribution is 0.573. The first-order valence-corrected chi connectivity index (χ1v) is 6.49. The van der Waals surface area contributed by atoms with Crippen LogP contribution in [0, 0.1) is 5.41 Å². The molecule has 0 bridgehead atoms. The molecule has 21 heavy (non-hydrogen) atoms. The van der Waals surface area contributed by atoms with Crippen LogP contribution in [0.4, 0.5) is 0 Å². The van der Waals surface area contributed by atoms with Crippen molar-refractivity contribution in [1.29, 1.82) is 5.41 Å². The maximum atomic E-state index is 7.36. The van der Waals surface area contributed by atoms with Crippen LogP contribution in [0.15, 0.2) is 54.6 Å². The number of tetrazole rings is 1. The number of hydrogen-bond donors (Lipinski definition) is 2. The third kappa shape index (κ3) is 2.94. The van der Waals surface area contributed by atoms with Gasteiger partial charge in [-0.3, -0.25) is 5.41 Å². The van der Waals surface area contributed by atoms with Crippen LogP contribution in [0.25, 0.3) is 11.4 Å². The maximum absolute atomic E-state index is 7.36. The highest BCUT2D eigenvalue weighted by atomic mass is 15.6. The molecule has 0 radical (unpaired) electrons. The SMILES string of the molecule is N=C(N)c1ccc(Cn2nnc(-c3ccccc3)n2)cc1. The molecule has 3 rings (SSSR count). The highest BCUT2D eigenvalue weighted by Crippen LogP contribution is 2.12. The van der Waals surface area contributed by atoms with E-state index >= 15 is 0 Å². The molecule has 0 aliphatic heterocycles. The average molecular weight is 278 g/mol. The molecule has 1 aromatic heterocycles. The van der Waals surface area contributed by atoms with Crippen LogP contribution in [0.3, 0.4) is 0 Å². The molecule has 3 N–H and O–H groups in total. The summed E-state index contributed by atoms with van der Waals surface area (Å²) in [5.74, 6) is 0.669. The van der Waals surface area contributed by atoms with E-state index < -0.39 is 0 Å². The number of benzene rings is 2. The minimum Gasteiger partial charge on any atom is -0.384 e. The molecule has 104 valence electrons. The summed E-state index contributed by atoms with van der Waals surface area (Å²) >= 11 is 0. The highest BCUT2D eigenvalue weighted by molar-refractivity contribution is 5.94. The number of nitrogen functional groups attached to an aromatic ring is 1. The number of nitrogens with one attached hydrogen (secondary N) is 1. The minimum absolute atomic E-state index is 0.0618. The topological polar surface area (TPSA) is 93.5 Å². The summed E-state index contributed by atoms with van der Waals surface area (Å²) in [6, 6.07) is 17.2. The summed E-state index contributed by atoms with van der Waals surface area (Å²) in [7, 11) is 0. The van der Waals surface area contributed by atoms with Crippen LogP contribution >= 0.6 is 0 Å². The highest BCUT2D eigenvalue weighted by Gasteiger charge is 2.06. The van der Waals surface area contributed by atoms with Crippen molar-refractivity contribution in [2.24, 2.45) is 5.73 Å². The molecule has 0 amide bonds. The monoisotopic (exact) mass is 278 g/mol. The Labute approximate surface area is 121 Å². The van der Waals surface area contributed by atoms with E-state index in [9.17, 15) is 0 Å². The van der Waals surface area contributed by atoms with Gasteiger partial charge in [0.2, 0.25) is 5.82 Å². The Morgan fingerprint density at radius 1 is 1.05 bits per heavy atom. The molecule has 6 heteroatoms. The quantitative estimate of drug-likeness (QED) is 0.560. The molecule has 0 saturated carbocycles. The van der Waals surface area contributed by atoms with Crippen molar-refractivity contribution < 1.29 is 0 Å². The van der Waals surface area contributed by atoms with E-state index in [1.54, 1.807) is 4.80 Å². The van der Waals surface area contributed by atoms with E-state index in [1.807, 2.05) is 54.6 Å². The van der Waals surface area contributed by atoms with Gasteiger partial charge in [-0.25, -0.2) is 0 Å². The first-order chi connectivity index (χ1) is 10.2. The average Bonchev–Trinajstić information content (AvgIpc) is 2.97. The van der Waals surface area contributed by atoms with E-state index in [4.69, 9.17) is 11.1 Å². The van der Waals surface area contributed by atoms with Crippen molar-refractivity contribution in [1.82, 2.24) is 20.2 Å². The number of amidine groups is 1. The number of hydrogen-bond acceptors (Lipinski definition) is 4. The smallest absolute Gasteiger partial charge is 0.204 e. The predicted octanol–water partition coefficient (Wildman–Crippen LogP) is 1.67. The van der Waals surface area contributed by atoms with Crippen LogP contribution in [0.5, 0.6) is 0 Å². The van der Waals surface area contributed by atoms with Crippen LogP contribution < -0.4 is 5.73 Å².